The van der Waals surface area contributed by atoms with E-state index < -0.39 is 23.6 Å². The molecule has 3 N–H and O–H groups in total. The molecule has 1 aliphatic heterocycles. The minimum absolute atomic E-state index is 0.138. The number of amides is 2. The van der Waals surface area contributed by atoms with E-state index in [9.17, 15) is 14.7 Å². The fraction of sp³-hybridized carbons (Fsp3) is 0.412. The Balaban J connectivity index is 2.52. The van der Waals surface area contributed by atoms with Gasteiger partial charge in [-0.1, -0.05) is 12.1 Å². The summed E-state index contributed by atoms with van der Waals surface area (Å²) in [5.41, 5.74) is 0.269. The van der Waals surface area contributed by atoms with Crippen molar-refractivity contribution in [3.63, 3.8) is 0 Å². The van der Waals surface area contributed by atoms with Crippen molar-refractivity contribution in [2.75, 3.05) is 7.11 Å². The van der Waals surface area contributed by atoms with Crippen molar-refractivity contribution < 1.29 is 24.2 Å². The summed E-state index contributed by atoms with van der Waals surface area (Å²) < 4.78 is 10.5. The summed E-state index contributed by atoms with van der Waals surface area (Å²) >= 11 is 0. The highest BCUT2D eigenvalue weighted by Crippen LogP contribution is 2.38. The van der Waals surface area contributed by atoms with E-state index in [2.05, 4.69) is 10.6 Å². The molecular weight excluding hydrogens is 312 g/mol. The van der Waals surface area contributed by atoms with Crippen LogP contribution in [0.15, 0.2) is 29.5 Å². The first-order chi connectivity index (χ1) is 11.1. The van der Waals surface area contributed by atoms with Crippen molar-refractivity contribution in [3.05, 3.63) is 35.0 Å². The van der Waals surface area contributed by atoms with Gasteiger partial charge in [0.1, 0.15) is 5.60 Å². The van der Waals surface area contributed by atoms with Crippen molar-refractivity contribution in [2.24, 2.45) is 0 Å². The number of esters is 1. The molecule has 7 heteroatoms. The molecule has 0 spiro atoms. The van der Waals surface area contributed by atoms with E-state index >= 15 is 0 Å². The third-order valence-corrected chi connectivity index (χ3v) is 3.45. The summed E-state index contributed by atoms with van der Waals surface area (Å²) in [7, 11) is 1.43. The fourth-order valence-electron chi connectivity index (χ4n) is 2.47. The van der Waals surface area contributed by atoms with Crippen LogP contribution in [-0.4, -0.2) is 29.8 Å². The average Bonchev–Trinajstić information content (AvgIpc) is 2.44. The van der Waals surface area contributed by atoms with Gasteiger partial charge in [-0.05, 0) is 33.8 Å². The van der Waals surface area contributed by atoms with E-state index in [1.54, 1.807) is 45.9 Å². The first-order valence-corrected chi connectivity index (χ1v) is 7.51. The minimum atomic E-state index is -0.844. The average molecular weight is 334 g/mol. The molecule has 1 aromatic rings. The molecule has 0 radical (unpaired) electrons. The fourth-order valence-corrected chi connectivity index (χ4v) is 2.47. The van der Waals surface area contributed by atoms with Gasteiger partial charge in [-0.15, -0.1) is 0 Å². The van der Waals surface area contributed by atoms with Crippen LogP contribution in [0.25, 0.3) is 0 Å². The zero-order chi connectivity index (χ0) is 18.1. The number of methoxy groups -OCH3 is 1. The predicted octanol–water partition coefficient (Wildman–Crippen LogP) is 2.37. The molecule has 7 nitrogen and oxygen atoms in total. The highest BCUT2D eigenvalue weighted by Gasteiger charge is 2.35. The highest BCUT2D eigenvalue weighted by atomic mass is 16.6. The molecule has 1 aromatic carbocycles. The van der Waals surface area contributed by atoms with E-state index in [1.807, 2.05) is 0 Å². The molecule has 0 aliphatic carbocycles. The molecule has 0 saturated heterocycles. The van der Waals surface area contributed by atoms with Gasteiger partial charge in [-0.3, -0.25) is 0 Å². The zero-order valence-corrected chi connectivity index (χ0v) is 14.4. The van der Waals surface area contributed by atoms with Crippen LogP contribution >= 0.6 is 0 Å². The number of ether oxygens (including phenoxy) is 2. The second-order valence-electron chi connectivity index (χ2n) is 6.47. The summed E-state index contributed by atoms with van der Waals surface area (Å²) in [5, 5.41) is 15.6. The smallest absolute Gasteiger partial charge is 0.338 e. The van der Waals surface area contributed by atoms with Crippen LogP contribution in [0, 0.1) is 0 Å². The number of allylic oxidation sites excluding steroid dienone is 1. The quantitative estimate of drug-likeness (QED) is 0.737. The normalized spacial score (nSPS) is 17.9. The van der Waals surface area contributed by atoms with Crippen molar-refractivity contribution >= 4 is 12.0 Å². The lowest BCUT2D eigenvalue weighted by Gasteiger charge is -2.30. The summed E-state index contributed by atoms with van der Waals surface area (Å²) in [6.45, 7) is 6.89. The zero-order valence-electron chi connectivity index (χ0n) is 14.4. The lowest BCUT2D eigenvalue weighted by molar-refractivity contribution is -0.150. The molecule has 24 heavy (non-hydrogen) atoms. The van der Waals surface area contributed by atoms with E-state index in [4.69, 9.17) is 9.47 Å². The summed E-state index contributed by atoms with van der Waals surface area (Å²) in [5.74, 6) is -0.456. The largest absolute Gasteiger partial charge is 0.504 e. The monoisotopic (exact) mass is 334 g/mol. The second-order valence-corrected chi connectivity index (χ2v) is 6.47. The van der Waals surface area contributed by atoms with Crippen molar-refractivity contribution in [1.82, 2.24) is 10.6 Å². The Bertz CT molecular complexity index is 703. The summed E-state index contributed by atoms with van der Waals surface area (Å²) in [6, 6.07) is 3.57. The molecule has 0 bridgehead atoms. The number of rotatable bonds is 3. The van der Waals surface area contributed by atoms with Crippen LogP contribution in [-0.2, 0) is 9.53 Å². The minimum Gasteiger partial charge on any atom is -0.504 e. The number of phenolic OH excluding ortho intramolecular Hbond substituents is 1. The Hall–Kier alpha value is -2.70. The van der Waals surface area contributed by atoms with Crippen LogP contribution in [0.4, 0.5) is 4.79 Å². The Kier molecular flexibility index (Phi) is 4.73. The number of urea groups is 1. The van der Waals surface area contributed by atoms with Crippen molar-refractivity contribution in [2.45, 2.75) is 39.3 Å². The van der Waals surface area contributed by atoms with Crippen LogP contribution in [0.3, 0.4) is 0 Å². The molecule has 0 saturated carbocycles. The lowest BCUT2D eigenvalue weighted by atomic mass is 9.94. The Morgan fingerprint density at radius 2 is 1.96 bits per heavy atom. The van der Waals surface area contributed by atoms with Crippen LogP contribution in [0.5, 0.6) is 11.5 Å². The molecule has 1 heterocycles. The maximum absolute atomic E-state index is 12.6. The van der Waals surface area contributed by atoms with Gasteiger partial charge in [0.15, 0.2) is 11.5 Å². The van der Waals surface area contributed by atoms with Gasteiger partial charge in [0, 0.05) is 11.3 Å². The first-order valence-electron chi connectivity index (χ1n) is 7.51. The number of nitrogens with one attached hydrogen (secondary N) is 2. The van der Waals surface area contributed by atoms with Crippen LogP contribution in [0.2, 0.25) is 0 Å². The van der Waals surface area contributed by atoms with E-state index in [0.717, 1.165) is 0 Å². The number of carbonyl (C=O) groups excluding carboxylic acids is 2. The molecule has 2 rings (SSSR count). The number of hydrogen-bond donors (Lipinski definition) is 3. The number of benzene rings is 1. The topological polar surface area (TPSA) is 96.9 Å². The Morgan fingerprint density at radius 1 is 1.29 bits per heavy atom. The molecular formula is C17H22N2O5. The number of carbonyl (C=O) groups is 2. The van der Waals surface area contributed by atoms with Gasteiger partial charge in [-0.25, -0.2) is 9.59 Å². The predicted molar refractivity (Wildman–Crippen MR) is 87.6 cm³/mol. The third-order valence-electron chi connectivity index (χ3n) is 3.45. The highest BCUT2D eigenvalue weighted by molar-refractivity contribution is 5.95. The SMILES string of the molecule is COc1cccc([C@@H]2NC(=O)NC(C)=C2C(=O)OC(C)(C)C)c1O. The molecule has 1 aliphatic rings. The Morgan fingerprint density at radius 3 is 2.54 bits per heavy atom. The number of para-hydroxylation sites is 1. The molecule has 0 unspecified atom stereocenters. The van der Waals surface area contributed by atoms with Crippen LogP contribution in [0.1, 0.15) is 39.3 Å². The summed E-state index contributed by atoms with van der Waals surface area (Å²) in [4.78, 5) is 24.5. The molecule has 2 amide bonds. The number of hydrogen-bond acceptors (Lipinski definition) is 5. The molecule has 0 fully saturated rings. The van der Waals surface area contributed by atoms with Gasteiger partial charge in [0.25, 0.3) is 0 Å². The Labute approximate surface area is 140 Å². The molecule has 130 valence electrons. The van der Waals surface area contributed by atoms with Gasteiger partial charge in [0.2, 0.25) is 0 Å². The molecule has 0 aromatic heterocycles. The van der Waals surface area contributed by atoms with Gasteiger partial charge in [-0.2, -0.15) is 0 Å². The maximum atomic E-state index is 12.6. The van der Waals surface area contributed by atoms with Crippen LogP contribution < -0.4 is 15.4 Å². The number of aromatic hydroxyl groups is 1. The second kappa shape index (κ2) is 6.43. The van der Waals surface area contributed by atoms with E-state index in [0.29, 0.717) is 11.3 Å². The number of phenols is 1. The first kappa shape index (κ1) is 17.7. The lowest BCUT2D eigenvalue weighted by Crippen LogP contribution is -2.46. The van der Waals surface area contributed by atoms with E-state index in [1.165, 1.54) is 7.11 Å². The van der Waals surface area contributed by atoms with Crippen molar-refractivity contribution in [1.29, 1.82) is 0 Å². The van der Waals surface area contributed by atoms with Gasteiger partial charge < -0.3 is 25.2 Å². The standard InChI is InChI=1S/C17H22N2O5/c1-9-12(15(21)24-17(2,3)4)13(19-16(22)18-9)10-7-6-8-11(23-5)14(10)20/h6-8,13,20H,1-5H3,(H2,18,19,22)/t13-/m0/s1. The van der Waals surface area contributed by atoms with Crippen molar-refractivity contribution in [3.8, 4) is 11.5 Å². The molecule has 1 atom stereocenters. The van der Waals surface area contributed by atoms with Gasteiger partial charge >= 0.3 is 12.0 Å². The summed E-state index contributed by atoms with van der Waals surface area (Å²) in [6.07, 6.45) is 0. The van der Waals surface area contributed by atoms with E-state index in [-0.39, 0.29) is 17.1 Å². The maximum Gasteiger partial charge on any atom is 0.338 e. The van der Waals surface area contributed by atoms with Gasteiger partial charge in [0.05, 0.1) is 18.7 Å². The third kappa shape index (κ3) is 3.61.